The highest BCUT2D eigenvalue weighted by atomic mass is 16.5. The first-order chi connectivity index (χ1) is 12.2. The van der Waals surface area contributed by atoms with Gasteiger partial charge in [0.1, 0.15) is 0 Å². The fraction of sp³-hybridized carbons (Fsp3) is 0.957. The first-order valence-electron chi connectivity index (χ1n) is 11.4. The summed E-state index contributed by atoms with van der Waals surface area (Å²) in [5.41, 5.74) is 0. The SMILES string of the molecule is CCCCCOC(=O)[C@H]1CC[C@H]([C@H]2CC[C@H](CCCCC)CC2)CC1. The normalized spacial score (nSPS) is 30.2. The van der Waals surface area contributed by atoms with Crippen LogP contribution < -0.4 is 0 Å². The fourth-order valence-corrected chi connectivity index (χ4v) is 5.10. The van der Waals surface area contributed by atoms with E-state index in [4.69, 9.17) is 4.74 Å². The summed E-state index contributed by atoms with van der Waals surface area (Å²) in [7, 11) is 0. The topological polar surface area (TPSA) is 26.3 Å². The van der Waals surface area contributed by atoms with Crippen molar-refractivity contribution in [3.63, 3.8) is 0 Å². The van der Waals surface area contributed by atoms with E-state index in [0.717, 1.165) is 37.0 Å². The molecule has 0 N–H and O–H groups in total. The van der Waals surface area contributed by atoms with Crippen LogP contribution in [-0.2, 0) is 9.53 Å². The van der Waals surface area contributed by atoms with Crippen molar-refractivity contribution in [2.45, 2.75) is 110 Å². The van der Waals surface area contributed by atoms with Crippen LogP contribution in [-0.4, -0.2) is 12.6 Å². The molecule has 2 aliphatic rings. The van der Waals surface area contributed by atoms with Gasteiger partial charge >= 0.3 is 5.97 Å². The Labute approximate surface area is 156 Å². The van der Waals surface area contributed by atoms with Gasteiger partial charge in [-0.1, -0.05) is 65.2 Å². The summed E-state index contributed by atoms with van der Waals surface area (Å²) in [4.78, 5) is 12.2. The molecule has 0 radical (unpaired) electrons. The Morgan fingerprint density at radius 1 is 0.760 bits per heavy atom. The Hall–Kier alpha value is -0.530. The van der Waals surface area contributed by atoms with Gasteiger partial charge in [-0.25, -0.2) is 0 Å². The molecule has 2 saturated carbocycles. The Morgan fingerprint density at radius 3 is 1.92 bits per heavy atom. The van der Waals surface area contributed by atoms with Gasteiger partial charge in [-0.3, -0.25) is 4.79 Å². The zero-order valence-corrected chi connectivity index (χ0v) is 16.9. The zero-order chi connectivity index (χ0) is 17.9. The van der Waals surface area contributed by atoms with Crippen LogP contribution >= 0.6 is 0 Å². The molecule has 0 amide bonds. The molecule has 2 fully saturated rings. The standard InChI is InChI=1S/C23H42O2/c1-3-5-7-9-19-10-12-20(13-11-19)21-14-16-22(17-15-21)23(24)25-18-8-6-4-2/h19-22H,3-18H2,1-2H3/t19-,20-,21-,22-. The number of hydrogen-bond donors (Lipinski definition) is 0. The fourth-order valence-electron chi connectivity index (χ4n) is 5.10. The number of carbonyl (C=O) groups is 1. The van der Waals surface area contributed by atoms with Gasteiger partial charge in [0.15, 0.2) is 0 Å². The van der Waals surface area contributed by atoms with Gasteiger partial charge in [-0.2, -0.15) is 0 Å². The third kappa shape index (κ3) is 7.31. The summed E-state index contributed by atoms with van der Waals surface area (Å²) in [5.74, 6) is 3.14. The third-order valence-corrected chi connectivity index (χ3v) is 6.87. The van der Waals surface area contributed by atoms with Crippen LogP contribution in [0.5, 0.6) is 0 Å². The lowest BCUT2D eigenvalue weighted by Crippen LogP contribution is -2.29. The molecule has 0 heterocycles. The summed E-state index contributed by atoms with van der Waals surface area (Å²) in [6.45, 7) is 5.12. The molecule has 0 spiro atoms. The number of ether oxygens (including phenoxy) is 1. The maximum absolute atomic E-state index is 12.2. The second-order valence-electron chi connectivity index (χ2n) is 8.76. The smallest absolute Gasteiger partial charge is 0.308 e. The molecule has 0 unspecified atom stereocenters. The van der Waals surface area contributed by atoms with E-state index >= 15 is 0 Å². The van der Waals surface area contributed by atoms with Crippen LogP contribution in [0.25, 0.3) is 0 Å². The third-order valence-electron chi connectivity index (χ3n) is 6.87. The van der Waals surface area contributed by atoms with Gasteiger partial charge in [-0.15, -0.1) is 0 Å². The molecule has 0 atom stereocenters. The molecule has 0 aromatic carbocycles. The lowest BCUT2D eigenvalue weighted by molar-refractivity contribution is -0.150. The van der Waals surface area contributed by atoms with E-state index in [9.17, 15) is 4.79 Å². The Kier molecular flexibility index (Phi) is 9.94. The average molecular weight is 351 g/mol. The quantitative estimate of drug-likeness (QED) is 0.316. The maximum atomic E-state index is 12.2. The molecule has 0 saturated heterocycles. The molecule has 2 aliphatic carbocycles. The molecule has 2 heteroatoms. The van der Waals surface area contributed by atoms with Crippen molar-refractivity contribution in [3.8, 4) is 0 Å². The number of carbonyl (C=O) groups excluding carboxylic acids is 1. The molecule has 2 nitrogen and oxygen atoms in total. The molecule has 0 aliphatic heterocycles. The van der Waals surface area contributed by atoms with Gasteiger partial charge in [0.05, 0.1) is 12.5 Å². The van der Waals surface area contributed by atoms with E-state index in [1.165, 1.54) is 77.0 Å². The molecule has 146 valence electrons. The first-order valence-corrected chi connectivity index (χ1v) is 11.4. The van der Waals surface area contributed by atoms with Gasteiger partial charge < -0.3 is 4.74 Å². The number of esters is 1. The van der Waals surface area contributed by atoms with E-state index in [-0.39, 0.29) is 11.9 Å². The van der Waals surface area contributed by atoms with Crippen molar-refractivity contribution in [3.05, 3.63) is 0 Å². The largest absolute Gasteiger partial charge is 0.465 e. The molecule has 0 bridgehead atoms. The Balaban J connectivity index is 1.60. The van der Waals surface area contributed by atoms with Crippen molar-refractivity contribution in [1.29, 1.82) is 0 Å². The lowest BCUT2D eigenvalue weighted by atomic mass is 9.68. The maximum Gasteiger partial charge on any atom is 0.308 e. The summed E-state index contributed by atoms with van der Waals surface area (Å²) >= 11 is 0. The molecule has 2 rings (SSSR count). The van der Waals surface area contributed by atoms with Crippen LogP contribution in [0.4, 0.5) is 0 Å². The first kappa shape index (κ1) is 20.8. The van der Waals surface area contributed by atoms with Crippen molar-refractivity contribution >= 4 is 5.97 Å². The summed E-state index contributed by atoms with van der Waals surface area (Å²) in [6, 6.07) is 0. The Bertz CT molecular complexity index is 349. The van der Waals surface area contributed by atoms with E-state index in [0.29, 0.717) is 6.61 Å². The predicted molar refractivity (Wildman–Crippen MR) is 106 cm³/mol. The second kappa shape index (κ2) is 12.0. The highest BCUT2D eigenvalue weighted by Gasteiger charge is 2.33. The van der Waals surface area contributed by atoms with Crippen LogP contribution in [0, 0.1) is 23.7 Å². The summed E-state index contributed by atoms with van der Waals surface area (Å²) in [6.07, 6.45) is 19.6. The summed E-state index contributed by atoms with van der Waals surface area (Å²) < 4.78 is 5.49. The minimum atomic E-state index is 0.0918. The van der Waals surface area contributed by atoms with E-state index in [1.807, 2.05) is 0 Å². The van der Waals surface area contributed by atoms with Gasteiger partial charge in [-0.05, 0) is 62.7 Å². The summed E-state index contributed by atoms with van der Waals surface area (Å²) in [5, 5.41) is 0. The van der Waals surface area contributed by atoms with Crippen LogP contribution in [0.1, 0.15) is 110 Å². The van der Waals surface area contributed by atoms with Crippen molar-refractivity contribution in [2.24, 2.45) is 23.7 Å². The van der Waals surface area contributed by atoms with Crippen molar-refractivity contribution < 1.29 is 9.53 Å². The van der Waals surface area contributed by atoms with Crippen LogP contribution in [0.3, 0.4) is 0 Å². The predicted octanol–water partition coefficient (Wildman–Crippen LogP) is 6.91. The van der Waals surface area contributed by atoms with E-state index < -0.39 is 0 Å². The Morgan fingerprint density at radius 2 is 1.32 bits per heavy atom. The molecule has 25 heavy (non-hydrogen) atoms. The molecular weight excluding hydrogens is 308 g/mol. The highest BCUT2D eigenvalue weighted by molar-refractivity contribution is 5.72. The van der Waals surface area contributed by atoms with Gasteiger partial charge in [0.2, 0.25) is 0 Å². The minimum absolute atomic E-state index is 0.0918. The molecule has 0 aromatic rings. The average Bonchev–Trinajstić information content (AvgIpc) is 2.66. The monoisotopic (exact) mass is 350 g/mol. The van der Waals surface area contributed by atoms with Crippen molar-refractivity contribution in [1.82, 2.24) is 0 Å². The highest BCUT2D eigenvalue weighted by Crippen LogP contribution is 2.42. The number of hydrogen-bond acceptors (Lipinski definition) is 2. The second-order valence-corrected chi connectivity index (χ2v) is 8.76. The van der Waals surface area contributed by atoms with Crippen LogP contribution in [0.15, 0.2) is 0 Å². The van der Waals surface area contributed by atoms with Crippen molar-refractivity contribution in [2.75, 3.05) is 6.61 Å². The van der Waals surface area contributed by atoms with E-state index in [1.54, 1.807) is 0 Å². The minimum Gasteiger partial charge on any atom is -0.465 e. The van der Waals surface area contributed by atoms with E-state index in [2.05, 4.69) is 13.8 Å². The van der Waals surface area contributed by atoms with Gasteiger partial charge in [0, 0.05) is 0 Å². The number of rotatable bonds is 10. The number of unbranched alkanes of at least 4 members (excludes halogenated alkanes) is 4. The van der Waals surface area contributed by atoms with Crippen LogP contribution in [0.2, 0.25) is 0 Å². The molecule has 0 aromatic heterocycles. The zero-order valence-electron chi connectivity index (χ0n) is 16.9. The lowest BCUT2D eigenvalue weighted by Gasteiger charge is -2.37. The van der Waals surface area contributed by atoms with Gasteiger partial charge in [0.25, 0.3) is 0 Å². The molecular formula is C23H42O2.